The molecule has 132 valence electrons. The predicted octanol–water partition coefficient (Wildman–Crippen LogP) is 2.22. The molecule has 25 heavy (non-hydrogen) atoms. The second-order valence-corrected chi connectivity index (χ2v) is 6.78. The van der Waals surface area contributed by atoms with Crippen LogP contribution in [0.5, 0.6) is 0 Å². The van der Waals surface area contributed by atoms with Gasteiger partial charge < -0.3 is 9.42 Å². The molecule has 0 spiro atoms. The molecule has 7 heteroatoms. The van der Waals surface area contributed by atoms with E-state index in [1.54, 1.807) is 18.5 Å². The predicted molar refractivity (Wildman–Crippen MR) is 91.9 cm³/mol. The Hall–Kier alpha value is -2.28. The van der Waals surface area contributed by atoms with Gasteiger partial charge in [-0.1, -0.05) is 24.4 Å². The quantitative estimate of drug-likeness (QED) is 0.852. The number of piperazine rings is 1. The molecule has 4 rings (SSSR count). The number of aromatic nitrogens is 3. The molecule has 2 fully saturated rings. The van der Waals surface area contributed by atoms with Gasteiger partial charge >= 0.3 is 11.8 Å². The summed E-state index contributed by atoms with van der Waals surface area (Å²) in [4.78, 5) is 25.3. The highest BCUT2D eigenvalue weighted by atomic mass is 16.5. The first-order valence-electron chi connectivity index (χ1n) is 9.09. The lowest BCUT2D eigenvalue weighted by atomic mass is 9.94. The third-order valence-electron chi connectivity index (χ3n) is 5.22. The molecular formula is C18H23N5O2. The smallest absolute Gasteiger partial charge is 0.316 e. The minimum Gasteiger partial charge on any atom is -0.332 e. The van der Waals surface area contributed by atoms with Gasteiger partial charge in [0.05, 0.1) is 0 Å². The summed E-state index contributed by atoms with van der Waals surface area (Å²) < 4.78 is 5.18. The van der Waals surface area contributed by atoms with Gasteiger partial charge in [0.15, 0.2) is 0 Å². The molecule has 0 bridgehead atoms. The summed E-state index contributed by atoms with van der Waals surface area (Å²) >= 11 is 0. The molecule has 1 saturated heterocycles. The van der Waals surface area contributed by atoms with Crippen LogP contribution in [0.1, 0.15) is 42.8 Å². The van der Waals surface area contributed by atoms with Crippen LogP contribution in [0.4, 0.5) is 0 Å². The Kier molecular flexibility index (Phi) is 4.74. The molecule has 0 aromatic carbocycles. The number of nitrogens with zero attached hydrogens (tertiary/aromatic N) is 5. The molecule has 0 unspecified atom stereocenters. The van der Waals surface area contributed by atoms with E-state index >= 15 is 0 Å². The Morgan fingerprint density at radius 1 is 1.12 bits per heavy atom. The maximum Gasteiger partial charge on any atom is 0.316 e. The lowest BCUT2D eigenvalue weighted by Gasteiger charge is -2.40. The highest BCUT2D eigenvalue weighted by Crippen LogP contribution is 2.24. The van der Waals surface area contributed by atoms with E-state index in [9.17, 15) is 4.79 Å². The van der Waals surface area contributed by atoms with Crippen LogP contribution in [0.3, 0.4) is 0 Å². The van der Waals surface area contributed by atoms with Gasteiger partial charge in [0, 0.05) is 50.2 Å². The second kappa shape index (κ2) is 7.31. The van der Waals surface area contributed by atoms with Crippen molar-refractivity contribution in [1.82, 2.24) is 24.9 Å². The van der Waals surface area contributed by atoms with Crippen LogP contribution in [0.2, 0.25) is 0 Å². The number of pyridine rings is 1. The highest BCUT2D eigenvalue weighted by Gasteiger charge is 2.29. The Morgan fingerprint density at radius 2 is 1.92 bits per heavy atom. The van der Waals surface area contributed by atoms with Gasteiger partial charge in [0.2, 0.25) is 5.82 Å². The number of carbonyl (C=O) groups is 1. The topological polar surface area (TPSA) is 75.4 Å². The fraction of sp³-hybridized carbons (Fsp3) is 0.556. The Morgan fingerprint density at radius 3 is 2.64 bits per heavy atom. The van der Waals surface area contributed by atoms with E-state index in [0.29, 0.717) is 11.9 Å². The zero-order chi connectivity index (χ0) is 17.1. The van der Waals surface area contributed by atoms with Crippen LogP contribution in [0.25, 0.3) is 11.4 Å². The van der Waals surface area contributed by atoms with E-state index in [2.05, 4.69) is 20.0 Å². The zero-order valence-corrected chi connectivity index (χ0v) is 14.3. The number of rotatable bonds is 3. The maximum atomic E-state index is 12.6. The Bertz CT molecular complexity index is 703. The Labute approximate surface area is 147 Å². The molecule has 2 aromatic rings. The van der Waals surface area contributed by atoms with Gasteiger partial charge in [-0.25, -0.2) is 0 Å². The first kappa shape index (κ1) is 16.2. The molecule has 1 amide bonds. The van der Waals surface area contributed by atoms with Gasteiger partial charge in [-0.15, -0.1) is 0 Å². The lowest BCUT2D eigenvalue weighted by molar-refractivity contribution is 0.0483. The van der Waals surface area contributed by atoms with E-state index in [0.717, 1.165) is 31.7 Å². The van der Waals surface area contributed by atoms with Crippen molar-refractivity contribution in [2.75, 3.05) is 26.2 Å². The molecular weight excluding hydrogens is 318 g/mol. The molecule has 2 aliphatic rings. The monoisotopic (exact) mass is 341 g/mol. The number of hydrogen-bond acceptors (Lipinski definition) is 6. The van der Waals surface area contributed by atoms with Crippen LogP contribution >= 0.6 is 0 Å². The van der Waals surface area contributed by atoms with Crippen molar-refractivity contribution in [1.29, 1.82) is 0 Å². The first-order chi connectivity index (χ1) is 12.3. The molecule has 1 saturated carbocycles. The third kappa shape index (κ3) is 3.56. The summed E-state index contributed by atoms with van der Waals surface area (Å²) in [5.41, 5.74) is 0.743. The van der Waals surface area contributed by atoms with E-state index in [4.69, 9.17) is 4.52 Å². The Balaban J connectivity index is 1.37. The molecule has 0 radical (unpaired) electrons. The lowest BCUT2D eigenvalue weighted by Crippen LogP contribution is -2.52. The van der Waals surface area contributed by atoms with Crippen molar-refractivity contribution in [2.24, 2.45) is 0 Å². The van der Waals surface area contributed by atoms with Crippen LogP contribution in [0, 0.1) is 0 Å². The van der Waals surface area contributed by atoms with Crippen LogP contribution in [0.15, 0.2) is 29.0 Å². The summed E-state index contributed by atoms with van der Waals surface area (Å²) in [6, 6.07) is 4.35. The minimum absolute atomic E-state index is 0.0602. The molecule has 2 aromatic heterocycles. The van der Waals surface area contributed by atoms with Crippen molar-refractivity contribution in [3.05, 3.63) is 30.4 Å². The van der Waals surface area contributed by atoms with E-state index in [1.165, 1.54) is 32.1 Å². The summed E-state index contributed by atoms with van der Waals surface area (Å²) in [5.74, 6) is 0.285. The fourth-order valence-electron chi connectivity index (χ4n) is 3.79. The fourth-order valence-corrected chi connectivity index (χ4v) is 3.79. The standard InChI is InChI=1S/C18H23N5O2/c24-18(17-20-16(21-25-17)14-5-4-8-19-13-14)23-11-9-22(10-12-23)15-6-2-1-3-7-15/h4-5,8,13,15H,1-3,6-7,9-12H2. The molecule has 0 atom stereocenters. The number of amides is 1. The van der Waals surface area contributed by atoms with Crippen LogP contribution < -0.4 is 0 Å². The SMILES string of the molecule is O=C(c1nc(-c2cccnc2)no1)N1CCN(C2CCCCC2)CC1. The molecule has 7 nitrogen and oxygen atoms in total. The summed E-state index contributed by atoms with van der Waals surface area (Å²) in [5, 5.41) is 3.91. The number of hydrogen-bond donors (Lipinski definition) is 0. The van der Waals surface area contributed by atoms with Gasteiger partial charge in [-0.2, -0.15) is 4.98 Å². The van der Waals surface area contributed by atoms with E-state index in [1.807, 2.05) is 11.0 Å². The van der Waals surface area contributed by atoms with Gasteiger partial charge in [0.25, 0.3) is 0 Å². The second-order valence-electron chi connectivity index (χ2n) is 6.78. The van der Waals surface area contributed by atoms with E-state index < -0.39 is 0 Å². The average molecular weight is 341 g/mol. The van der Waals surface area contributed by atoms with Crippen LogP contribution in [-0.2, 0) is 0 Å². The van der Waals surface area contributed by atoms with Gasteiger partial charge in [-0.3, -0.25) is 14.7 Å². The van der Waals surface area contributed by atoms with Gasteiger partial charge in [-0.05, 0) is 25.0 Å². The van der Waals surface area contributed by atoms with Crippen molar-refractivity contribution >= 4 is 5.91 Å². The summed E-state index contributed by atoms with van der Waals surface area (Å²) in [7, 11) is 0. The summed E-state index contributed by atoms with van der Waals surface area (Å²) in [6.07, 6.45) is 9.97. The third-order valence-corrected chi connectivity index (χ3v) is 5.22. The largest absolute Gasteiger partial charge is 0.332 e. The zero-order valence-electron chi connectivity index (χ0n) is 14.3. The molecule has 3 heterocycles. The van der Waals surface area contributed by atoms with Crippen molar-refractivity contribution in [3.63, 3.8) is 0 Å². The molecule has 1 aliphatic heterocycles. The normalized spacial score (nSPS) is 19.9. The van der Waals surface area contributed by atoms with Crippen LogP contribution in [-0.4, -0.2) is 63.1 Å². The maximum absolute atomic E-state index is 12.6. The summed E-state index contributed by atoms with van der Waals surface area (Å²) in [6.45, 7) is 3.31. The average Bonchev–Trinajstić information content (AvgIpc) is 3.19. The molecule has 0 N–H and O–H groups in total. The van der Waals surface area contributed by atoms with E-state index in [-0.39, 0.29) is 11.8 Å². The highest BCUT2D eigenvalue weighted by molar-refractivity contribution is 5.90. The van der Waals surface area contributed by atoms with Crippen molar-refractivity contribution in [2.45, 2.75) is 38.1 Å². The number of carbonyl (C=O) groups excluding carboxylic acids is 1. The van der Waals surface area contributed by atoms with Gasteiger partial charge in [0.1, 0.15) is 0 Å². The molecule has 1 aliphatic carbocycles. The minimum atomic E-state index is -0.175. The van der Waals surface area contributed by atoms with Crippen molar-refractivity contribution < 1.29 is 9.32 Å². The first-order valence-corrected chi connectivity index (χ1v) is 9.09. The van der Waals surface area contributed by atoms with Crippen molar-refractivity contribution in [3.8, 4) is 11.4 Å².